The van der Waals surface area contributed by atoms with E-state index in [9.17, 15) is 4.79 Å². The summed E-state index contributed by atoms with van der Waals surface area (Å²) < 4.78 is 18.4. The molecule has 35 heavy (non-hydrogen) atoms. The predicted molar refractivity (Wildman–Crippen MR) is 132 cm³/mol. The molecule has 1 aliphatic heterocycles. The van der Waals surface area contributed by atoms with E-state index in [-0.39, 0.29) is 17.7 Å². The average molecular weight is 475 g/mol. The van der Waals surface area contributed by atoms with E-state index in [1.54, 1.807) is 26.0 Å². The van der Waals surface area contributed by atoms with Crippen LogP contribution in [0.15, 0.2) is 54.0 Å². The Bertz CT molecular complexity index is 1270. The van der Waals surface area contributed by atoms with E-state index in [2.05, 4.69) is 53.5 Å². The van der Waals surface area contributed by atoms with Crippen LogP contribution >= 0.6 is 0 Å². The highest BCUT2D eigenvalue weighted by Crippen LogP contribution is 2.47. The standard InChI is InChI=1S/C27H30N4O4/c1-15(2)16-6-8-17(9-7-16)25-24-20(30-27-28-14-29-31(25)27)10-18(11-21(24)32)19-12-22(33-3)26(35-5)23(13-19)34-4/h6-9,12-15,18,25H,10-11H2,1-5H3,(H,28,29,30)/t18-,25+/m1/s1. The van der Waals surface area contributed by atoms with Gasteiger partial charge in [0.05, 0.1) is 21.3 Å². The number of hydrogen-bond donors (Lipinski definition) is 1. The summed E-state index contributed by atoms with van der Waals surface area (Å²) >= 11 is 0. The molecule has 0 spiro atoms. The van der Waals surface area contributed by atoms with E-state index in [0.717, 1.165) is 22.4 Å². The first-order chi connectivity index (χ1) is 16.9. The smallest absolute Gasteiger partial charge is 0.226 e. The number of Topliss-reactive ketones (excluding diaryl/α,β-unsaturated/α-hetero) is 1. The Labute approximate surface area is 204 Å². The molecule has 1 aromatic heterocycles. The number of benzene rings is 2. The maximum atomic E-state index is 13.7. The van der Waals surface area contributed by atoms with E-state index in [4.69, 9.17) is 14.2 Å². The fourth-order valence-corrected chi connectivity index (χ4v) is 5.10. The van der Waals surface area contributed by atoms with Gasteiger partial charge in [0.2, 0.25) is 11.7 Å². The molecule has 5 rings (SSSR count). The van der Waals surface area contributed by atoms with Gasteiger partial charge in [-0.05, 0) is 47.1 Å². The summed E-state index contributed by atoms with van der Waals surface area (Å²) in [6.07, 6.45) is 2.56. The number of hydrogen-bond acceptors (Lipinski definition) is 7. The minimum atomic E-state index is -0.307. The molecular weight excluding hydrogens is 444 g/mol. The van der Waals surface area contributed by atoms with Crippen molar-refractivity contribution in [2.75, 3.05) is 26.6 Å². The van der Waals surface area contributed by atoms with Gasteiger partial charge < -0.3 is 19.5 Å². The molecule has 0 amide bonds. The zero-order valence-corrected chi connectivity index (χ0v) is 20.7. The van der Waals surface area contributed by atoms with E-state index in [1.807, 2.05) is 12.1 Å². The van der Waals surface area contributed by atoms with Crippen molar-refractivity contribution < 1.29 is 19.0 Å². The predicted octanol–water partition coefficient (Wildman–Crippen LogP) is 4.84. The first-order valence-corrected chi connectivity index (χ1v) is 11.8. The van der Waals surface area contributed by atoms with Crippen LogP contribution in [-0.4, -0.2) is 41.9 Å². The number of carbonyl (C=O) groups excluding carboxylic acids is 1. The van der Waals surface area contributed by atoms with Gasteiger partial charge in [-0.15, -0.1) is 0 Å². The van der Waals surface area contributed by atoms with E-state index < -0.39 is 0 Å². The van der Waals surface area contributed by atoms with Gasteiger partial charge in [0.15, 0.2) is 17.3 Å². The highest BCUT2D eigenvalue weighted by Gasteiger charge is 2.39. The number of nitrogens with one attached hydrogen (secondary N) is 1. The normalized spacial score (nSPS) is 19.2. The molecule has 1 aliphatic carbocycles. The molecule has 3 aromatic rings. The number of nitrogens with zero attached hydrogens (tertiary/aromatic N) is 3. The quantitative estimate of drug-likeness (QED) is 0.547. The number of rotatable bonds is 6. The minimum Gasteiger partial charge on any atom is -0.493 e. The molecule has 0 saturated carbocycles. The highest BCUT2D eigenvalue weighted by atomic mass is 16.5. The Hall–Kier alpha value is -3.81. The molecule has 0 saturated heterocycles. The number of ether oxygens (including phenoxy) is 3. The number of ketones is 1. The van der Waals surface area contributed by atoms with Gasteiger partial charge in [0.25, 0.3) is 0 Å². The molecule has 0 radical (unpaired) electrons. The largest absolute Gasteiger partial charge is 0.493 e. The molecule has 1 N–H and O–H groups in total. The summed E-state index contributed by atoms with van der Waals surface area (Å²) in [5, 5.41) is 7.83. The molecule has 2 atom stereocenters. The molecular formula is C27H30N4O4. The third kappa shape index (κ3) is 3.92. The Balaban J connectivity index is 1.55. The zero-order valence-electron chi connectivity index (χ0n) is 20.7. The first kappa shape index (κ1) is 23.0. The van der Waals surface area contributed by atoms with Gasteiger partial charge in [-0.25, -0.2) is 4.68 Å². The first-order valence-electron chi connectivity index (χ1n) is 11.8. The third-order valence-electron chi connectivity index (χ3n) is 6.94. The van der Waals surface area contributed by atoms with Crippen LogP contribution in [0, 0.1) is 0 Å². The molecule has 8 heteroatoms. The van der Waals surface area contributed by atoms with Gasteiger partial charge in [-0.1, -0.05) is 38.1 Å². The van der Waals surface area contributed by atoms with E-state index in [0.29, 0.717) is 42.0 Å². The Kier molecular flexibility index (Phi) is 5.96. The topological polar surface area (TPSA) is 87.5 Å². The van der Waals surface area contributed by atoms with E-state index in [1.165, 1.54) is 11.9 Å². The van der Waals surface area contributed by atoms with Crippen LogP contribution in [0.1, 0.15) is 61.3 Å². The number of aromatic nitrogens is 3. The van der Waals surface area contributed by atoms with Gasteiger partial charge in [-0.2, -0.15) is 10.1 Å². The summed E-state index contributed by atoms with van der Waals surface area (Å²) in [6.45, 7) is 4.34. The summed E-state index contributed by atoms with van der Waals surface area (Å²) in [6, 6.07) is 12.0. The number of methoxy groups -OCH3 is 3. The minimum absolute atomic E-state index is 0.0408. The summed E-state index contributed by atoms with van der Waals surface area (Å²) in [5.41, 5.74) is 4.89. The fraction of sp³-hybridized carbons (Fsp3) is 0.370. The van der Waals surface area contributed by atoms with Crippen LogP contribution in [-0.2, 0) is 4.79 Å². The van der Waals surface area contributed by atoms with Gasteiger partial charge in [0.1, 0.15) is 12.4 Å². The van der Waals surface area contributed by atoms with Gasteiger partial charge in [-0.3, -0.25) is 4.79 Å². The van der Waals surface area contributed by atoms with Crippen LogP contribution in [0.25, 0.3) is 0 Å². The van der Waals surface area contributed by atoms with Crippen molar-refractivity contribution in [3.05, 3.63) is 70.7 Å². The van der Waals surface area contributed by atoms with Crippen molar-refractivity contribution in [2.24, 2.45) is 0 Å². The molecule has 182 valence electrons. The Morgan fingerprint density at radius 3 is 2.26 bits per heavy atom. The van der Waals surface area contributed by atoms with Crippen molar-refractivity contribution >= 4 is 11.7 Å². The summed E-state index contributed by atoms with van der Waals surface area (Å²) in [7, 11) is 4.77. The monoisotopic (exact) mass is 474 g/mol. The lowest BCUT2D eigenvalue weighted by Gasteiger charge is -2.35. The van der Waals surface area contributed by atoms with Crippen LogP contribution in [0.2, 0.25) is 0 Å². The highest BCUT2D eigenvalue weighted by molar-refractivity contribution is 6.00. The second-order valence-electron chi connectivity index (χ2n) is 9.26. The summed E-state index contributed by atoms with van der Waals surface area (Å²) in [5.74, 6) is 2.82. The zero-order chi connectivity index (χ0) is 24.7. The lowest BCUT2D eigenvalue weighted by Crippen LogP contribution is -2.33. The van der Waals surface area contributed by atoms with Gasteiger partial charge >= 0.3 is 0 Å². The lowest BCUT2D eigenvalue weighted by atomic mass is 9.77. The van der Waals surface area contributed by atoms with Crippen molar-refractivity contribution in [1.82, 2.24) is 14.8 Å². The SMILES string of the molecule is COc1cc([C@H]2CC(=O)C3=C(C2)Nc2ncnn2[C@H]3c2ccc(C(C)C)cc2)cc(OC)c1OC. The second kappa shape index (κ2) is 9.09. The molecule has 8 nitrogen and oxygen atoms in total. The molecule has 0 unspecified atom stereocenters. The van der Waals surface area contributed by atoms with Crippen LogP contribution in [0.4, 0.5) is 5.95 Å². The number of carbonyl (C=O) groups is 1. The summed E-state index contributed by atoms with van der Waals surface area (Å²) in [4.78, 5) is 18.1. The average Bonchev–Trinajstić information content (AvgIpc) is 3.34. The van der Waals surface area contributed by atoms with Gasteiger partial charge in [0, 0.05) is 17.7 Å². The van der Waals surface area contributed by atoms with Crippen molar-refractivity contribution in [1.29, 1.82) is 0 Å². The Morgan fingerprint density at radius 2 is 1.66 bits per heavy atom. The molecule has 2 aromatic carbocycles. The third-order valence-corrected chi connectivity index (χ3v) is 6.94. The van der Waals surface area contributed by atoms with Crippen molar-refractivity contribution in [2.45, 2.75) is 44.6 Å². The Morgan fingerprint density at radius 1 is 0.971 bits per heavy atom. The number of fused-ring (bicyclic) bond motifs is 1. The number of anilines is 1. The van der Waals surface area contributed by atoms with Crippen LogP contribution in [0.3, 0.4) is 0 Å². The van der Waals surface area contributed by atoms with Crippen molar-refractivity contribution in [3.63, 3.8) is 0 Å². The molecule has 0 bridgehead atoms. The van der Waals surface area contributed by atoms with Crippen LogP contribution < -0.4 is 19.5 Å². The molecule has 2 heterocycles. The number of allylic oxidation sites excluding steroid dienone is 2. The van der Waals surface area contributed by atoms with E-state index >= 15 is 0 Å². The maximum Gasteiger partial charge on any atom is 0.226 e. The molecule has 2 aliphatic rings. The fourth-order valence-electron chi connectivity index (χ4n) is 5.10. The second-order valence-corrected chi connectivity index (χ2v) is 9.26. The van der Waals surface area contributed by atoms with Crippen molar-refractivity contribution in [3.8, 4) is 17.2 Å². The maximum absolute atomic E-state index is 13.7. The van der Waals surface area contributed by atoms with Crippen LogP contribution in [0.5, 0.6) is 17.2 Å². The molecule has 0 fully saturated rings. The lowest BCUT2D eigenvalue weighted by molar-refractivity contribution is -0.116.